The standard InChI is InChI=1S/C9H13N3O3/c1-2-3-10-4-9(15)12-5-7(13)11-8(14)6-12/h2,10H,1,3-6H2,(H,11,13,14). The van der Waals surface area contributed by atoms with Crippen molar-refractivity contribution in [2.24, 2.45) is 0 Å². The second-order valence-electron chi connectivity index (χ2n) is 3.14. The minimum atomic E-state index is -0.441. The predicted octanol–water partition coefficient (Wildman–Crippen LogP) is -1.75. The molecular weight excluding hydrogens is 198 g/mol. The van der Waals surface area contributed by atoms with E-state index in [2.05, 4.69) is 17.2 Å². The number of rotatable bonds is 4. The average molecular weight is 211 g/mol. The number of nitrogens with zero attached hydrogens (tertiary/aromatic N) is 1. The van der Waals surface area contributed by atoms with E-state index in [1.165, 1.54) is 4.90 Å². The van der Waals surface area contributed by atoms with Crippen LogP contribution in [0, 0.1) is 0 Å². The number of carbonyl (C=O) groups is 3. The zero-order valence-electron chi connectivity index (χ0n) is 8.28. The van der Waals surface area contributed by atoms with Crippen LogP contribution in [0.5, 0.6) is 0 Å². The van der Waals surface area contributed by atoms with Gasteiger partial charge in [0.2, 0.25) is 17.7 Å². The fourth-order valence-electron chi connectivity index (χ4n) is 1.21. The Kier molecular flexibility index (Phi) is 3.99. The molecule has 1 fully saturated rings. The number of carbonyl (C=O) groups excluding carboxylic acids is 3. The second kappa shape index (κ2) is 5.26. The molecule has 0 saturated carbocycles. The molecule has 1 rings (SSSR count). The van der Waals surface area contributed by atoms with E-state index in [1.807, 2.05) is 0 Å². The summed E-state index contributed by atoms with van der Waals surface area (Å²) in [4.78, 5) is 34.6. The van der Waals surface area contributed by atoms with Gasteiger partial charge >= 0.3 is 0 Å². The molecule has 0 radical (unpaired) electrons. The van der Waals surface area contributed by atoms with Gasteiger partial charge in [-0.05, 0) is 0 Å². The van der Waals surface area contributed by atoms with Crippen LogP contribution in [0.1, 0.15) is 0 Å². The first-order valence-electron chi connectivity index (χ1n) is 4.55. The number of piperazine rings is 1. The molecule has 15 heavy (non-hydrogen) atoms. The van der Waals surface area contributed by atoms with Gasteiger partial charge in [-0.3, -0.25) is 19.7 Å². The van der Waals surface area contributed by atoms with Gasteiger partial charge in [-0.2, -0.15) is 0 Å². The van der Waals surface area contributed by atoms with Crippen molar-refractivity contribution in [3.63, 3.8) is 0 Å². The molecule has 0 unspecified atom stereocenters. The first-order chi connectivity index (χ1) is 7.13. The van der Waals surface area contributed by atoms with Crippen molar-refractivity contribution in [2.45, 2.75) is 0 Å². The lowest BCUT2D eigenvalue weighted by Crippen LogP contribution is -2.54. The summed E-state index contributed by atoms with van der Waals surface area (Å²) >= 11 is 0. The van der Waals surface area contributed by atoms with Gasteiger partial charge in [0.25, 0.3) is 0 Å². The molecular formula is C9H13N3O3. The van der Waals surface area contributed by atoms with Gasteiger partial charge in [-0.25, -0.2) is 0 Å². The number of amides is 3. The highest BCUT2D eigenvalue weighted by Crippen LogP contribution is 1.94. The van der Waals surface area contributed by atoms with Crippen LogP contribution in [-0.2, 0) is 14.4 Å². The highest BCUT2D eigenvalue weighted by molar-refractivity contribution is 6.02. The number of imide groups is 1. The van der Waals surface area contributed by atoms with E-state index >= 15 is 0 Å². The first-order valence-corrected chi connectivity index (χ1v) is 4.55. The number of hydrogen-bond acceptors (Lipinski definition) is 4. The Bertz CT molecular complexity index is 285. The van der Waals surface area contributed by atoms with E-state index in [1.54, 1.807) is 6.08 Å². The van der Waals surface area contributed by atoms with Gasteiger partial charge in [0, 0.05) is 6.54 Å². The molecule has 0 aromatic rings. The van der Waals surface area contributed by atoms with E-state index < -0.39 is 11.8 Å². The smallest absolute Gasteiger partial charge is 0.246 e. The molecule has 1 aliphatic heterocycles. The van der Waals surface area contributed by atoms with Gasteiger partial charge < -0.3 is 10.2 Å². The normalized spacial score (nSPS) is 16.1. The Morgan fingerprint density at radius 3 is 2.60 bits per heavy atom. The monoisotopic (exact) mass is 211 g/mol. The van der Waals surface area contributed by atoms with Crippen LogP contribution >= 0.6 is 0 Å². The molecule has 0 bridgehead atoms. The van der Waals surface area contributed by atoms with Crippen LogP contribution < -0.4 is 10.6 Å². The van der Waals surface area contributed by atoms with Gasteiger partial charge in [-0.15, -0.1) is 6.58 Å². The maximum atomic E-state index is 11.5. The lowest BCUT2D eigenvalue weighted by atomic mass is 10.3. The third-order valence-electron chi connectivity index (χ3n) is 1.87. The van der Waals surface area contributed by atoms with E-state index in [0.717, 1.165) is 0 Å². The molecule has 2 N–H and O–H groups in total. The molecule has 0 aromatic heterocycles. The zero-order valence-corrected chi connectivity index (χ0v) is 8.28. The van der Waals surface area contributed by atoms with Crippen LogP contribution in [0.4, 0.5) is 0 Å². The lowest BCUT2D eigenvalue weighted by molar-refractivity contribution is -0.144. The molecule has 0 atom stereocenters. The molecule has 0 aliphatic carbocycles. The van der Waals surface area contributed by atoms with Crippen molar-refractivity contribution >= 4 is 17.7 Å². The Hall–Kier alpha value is -1.69. The van der Waals surface area contributed by atoms with E-state index in [4.69, 9.17) is 0 Å². The summed E-state index contributed by atoms with van der Waals surface area (Å²) < 4.78 is 0. The molecule has 0 aromatic carbocycles. The summed E-state index contributed by atoms with van der Waals surface area (Å²) in [5, 5.41) is 4.93. The van der Waals surface area contributed by atoms with Crippen molar-refractivity contribution in [3.05, 3.63) is 12.7 Å². The van der Waals surface area contributed by atoms with E-state index in [0.29, 0.717) is 6.54 Å². The molecule has 6 heteroatoms. The average Bonchev–Trinajstić information content (AvgIpc) is 2.16. The fourth-order valence-corrected chi connectivity index (χ4v) is 1.21. The molecule has 1 saturated heterocycles. The fraction of sp³-hybridized carbons (Fsp3) is 0.444. The number of hydrogen-bond donors (Lipinski definition) is 2. The Balaban J connectivity index is 2.41. The summed E-state index contributed by atoms with van der Waals surface area (Å²) in [6.07, 6.45) is 1.63. The maximum absolute atomic E-state index is 11.5. The predicted molar refractivity (Wildman–Crippen MR) is 52.8 cm³/mol. The highest BCUT2D eigenvalue weighted by atomic mass is 16.2. The molecule has 3 amide bonds. The van der Waals surface area contributed by atoms with E-state index in [9.17, 15) is 14.4 Å². The first kappa shape index (κ1) is 11.4. The summed E-state index contributed by atoms with van der Waals surface area (Å²) in [5.74, 6) is -1.15. The Morgan fingerprint density at radius 1 is 1.47 bits per heavy atom. The third-order valence-corrected chi connectivity index (χ3v) is 1.87. The quantitative estimate of drug-likeness (QED) is 0.328. The molecule has 0 spiro atoms. The maximum Gasteiger partial charge on any atom is 0.246 e. The van der Waals surface area contributed by atoms with Crippen molar-refractivity contribution in [1.82, 2.24) is 15.5 Å². The van der Waals surface area contributed by atoms with Crippen molar-refractivity contribution in [2.75, 3.05) is 26.2 Å². The molecule has 82 valence electrons. The summed E-state index contributed by atoms with van der Waals surface area (Å²) in [7, 11) is 0. The van der Waals surface area contributed by atoms with Crippen molar-refractivity contribution in [1.29, 1.82) is 0 Å². The topological polar surface area (TPSA) is 78.5 Å². The SMILES string of the molecule is C=CCNCC(=O)N1CC(=O)NC(=O)C1. The van der Waals surface area contributed by atoms with Crippen LogP contribution in [0.25, 0.3) is 0 Å². The van der Waals surface area contributed by atoms with Crippen LogP contribution in [0.2, 0.25) is 0 Å². The highest BCUT2D eigenvalue weighted by Gasteiger charge is 2.25. The van der Waals surface area contributed by atoms with Crippen LogP contribution in [-0.4, -0.2) is 48.8 Å². The second-order valence-corrected chi connectivity index (χ2v) is 3.14. The third kappa shape index (κ3) is 3.51. The Morgan fingerprint density at radius 2 is 2.07 bits per heavy atom. The van der Waals surface area contributed by atoms with E-state index in [-0.39, 0.29) is 25.5 Å². The van der Waals surface area contributed by atoms with Gasteiger partial charge in [0.1, 0.15) is 13.1 Å². The van der Waals surface area contributed by atoms with Gasteiger partial charge in [0.15, 0.2) is 0 Å². The molecule has 1 heterocycles. The van der Waals surface area contributed by atoms with Crippen LogP contribution in [0.15, 0.2) is 12.7 Å². The van der Waals surface area contributed by atoms with Gasteiger partial charge in [-0.1, -0.05) is 6.08 Å². The Labute approximate surface area is 87.3 Å². The summed E-state index contributed by atoms with van der Waals surface area (Å²) in [6, 6.07) is 0. The van der Waals surface area contributed by atoms with Crippen molar-refractivity contribution < 1.29 is 14.4 Å². The molecule has 6 nitrogen and oxygen atoms in total. The number of nitrogens with one attached hydrogen (secondary N) is 2. The van der Waals surface area contributed by atoms with Crippen LogP contribution in [0.3, 0.4) is 0 Å². The zero-order chi connectivity index (χ0) is 11.3. The lowest BCUT2D eigenvalue weighted by Gasteiger charge is -2.25. The minimum absolute atomic E-state index is 0.0552. The van der Waals surface area contributed by atoms with Gasteiger partial charge in [0.05, 0.1) is 6.54 Å². The summed E-state index contributed by atoms with van der Waals surface area (Å²) in [5.41, 5.74) is 0. The summed E-state index contributed by atoms with van der Waals surface area (Å²) in [6.45, 7) is 4.00. The largest absolute Gasteiger partial charge is 0.323 e. The minimum Gasteiger partial charge on any atom is -0.323 e. The van der Waals surface area contributed by atoms with Crippen molar-refractivity contribution in [3.8, 4) is 0 Å². The molecule has 1 aliphatic rings.